The second-order valence-electron chi connectivity index (χ2n) is 4.14. The predicted octanol–water partition coefficient (Wildman–Crippen LogP) is 2.66. The van der Waals surface area contributed by atoms with Crippen molar-refractivity contribution in [1.82, 2.24) is 0 Å². The molecule has 0 unspecified atom stereocenters. The van der Waals surface area contributed by atoms with E-state index in [9.17, 15) is 20.0 Å². The lowest BCUT2D eigenvalue weighted by Gasteiger charge is -2.08. The van der Waals surface area contributed by atoms with Gasteiger partial charge >= 0.3 is 0 Å². The first-order valence-corrected chi connectivity index (χ1v) is 5.66. The van der Waals surface area contributed by atoms with Crippen LogP contribution in [-0.2, 0) is 0 Å². The van der Waals surface area contributed by atoms with E-state index in [2.05, 4.69) is 5.32 Å². The molecule has 0 spiro atoms. The topological polar surface area (TPSA) is 102 Å². The molecule has 100 valence electrons. The Morgan fingerprint density at radius 2 is 2.00 bits per heavy atom. The average Bonchev–Trinajstić information content (AvgIpc) is 2.56. The highest BCUT2D eigenvalue weighted by Gasteiger charge is 2.24. The van der Waals surface area contributed by atoms with Crippen molar-refractivity contribution in [3.63, 3.8) is 0 Å². The normalized spacial score (nSPS) is 12.5. The van der Waals surface area contributed by atoms with Crippen molar-refractivity contribution < 1.29 is 19.6 Å². The van der Waals surface area contributed by atoms with Crippen LogP contribution in [0.1, 0.15) is 10.4 Å². The van der Waals surface area contributed by atoms with Crippen LogP contribution in [-0.4, -0.2) is 15.9 Å². The number of carbonyl (C=O) groups excluding carboxylic acids is 1. The largest absolute Gasteiger partial charge is 0.506 e. The van der Waals surface area contributed by atoms with Crippen LogP contribution in [0.3, 0.4) is 0 Å². The number of para-hydroxylation sites is 1. The summed E-state index contributed by atoms with van der Waals surface area (Å²) < 4.78 is 5.52. The van der Waals surface area contributed by atoms with Crippen molar-refractivity contribution in [1.29, 1.82) is 0 Å². The fourth-order valence-corrected chi connectivity index (χ4v) is 1.93. The molecule has 7 heteroatoms. The van der Waals surface area contributed by atoms with Crippen LogP contribution >= 0.6 is 0 Å². The number of hydrogen-bond acceptors (Lipinski definition) is 5. The van der Waals surface area contributed by atoms with Crippen LogP contribution < -0.4 is 10.1 Å². The summed E-state index contributed by atoms with van der Waals surface area (Å²) in [6, 6.07) is 8.28. The number of phenols is 1. The van der Waals surface area contributed by atoms with E-state index in [1.165, 1.54) is 18.2 Å². The number of aromatic hydroxyl groups is 1. The van der Waals surface area contributed by atoms with Gasteiger partial charge in [0.05, 0.1) is 10.5 Å². The third-order valence-electron chi connectivity index (χ3n) is 2.88. The van der Waals surface area contributed by atoms with Gasteiger partial charge in [0.25, 0.3) is 11.6 Å². The van der Waals surface area contributed by atoms with E-state index in [1.54, 1.807) is 12.1 Å². The third-order valence-corrected chi connectivity index (χ3v) is 2.88. The molecule has 1 aliphatic rings. The van der Waals surface area contributed by atoms with E-state index < -0.39 is 10.8 Å². The van der Waals surface area contributed by atoms with Gasteiger partial charge in [-0.25, -0.2) is 0 Å². The molecular formula is C13H8N2O5. The number of benzene rings is 2. The summed E-state index contributed by atoms with van der Waals surface area (Å²) in [6.07, 6.45) is 0. The number of nitrogens with one attached hydrogen (secondary N) is 1. The first kappa shape index (κ1) is 12.0. The molecule has 2 aromatic carbocycles. The molecule has 0 saturated heterocycles. The van der Waals surface area contributed by atoms with Gasteiger partial charge in [-0.3, -0.25) is 14.9 Å². The number of non-ortho nitro benzene ring substituents is 1. The Kier molecular flexibility index (Phi) is 2.53. The Labute approximate surface area is 112 Å². The molecule has 0 saturated carbocycles. The lowest BCUT2D eigenvalue weighted by Crippen LogP contribution is -2.10. The van der Waals surface area contributed by atoms with Crippen LogP contribution in [0.2, 0.25) is 0 Å². The van der Waals surface area contributed by atoms with Crippen LogP contribution in [0.25, 0.3) is 0 Å². The molecular weight excluding hydrogens is 264 g/mol. The van der Waals surface area contributed by atoms with Gasteiger partial charge in [-0.1, -0.05) is 6.07 Å². The molecule has 2 aromatic rings. The smallest absolute Gasteiger partial charge is 0.270 e. The summed E-state index contributed by atoms with van der Waals surface area (Å²) in [7, 11) is 0. The Balaban J connectivity index is 2.15. The zero-order valence-electron chi connectivity index (χ0n) is 9.99. The highest BCUT2D eigenvalue weighted by Crippen LogP contribution is 2.41. The summed E-state index contributed by atoms with van der Waals surface area (Å²) in [4.78, 5) is 22.2. The maximum Gasteiger partial charge on any atom is 0.270 e. The number of nitro benzene ring substituents is 1. The molecule has 20 heavy (non-hydrogen) atoms. The fraction of sp³-hybridized carbons (Fsp3) is 0. The molecule has 0 aliphatic carbocycles. The Hall–Kier alpha value is -3.09. The molecule has 1 aliphatic heterocycles. The number of carbonyl (C=O) groups is 1. The van der Waals surface area contributed by atoms with Gasteiger partial charge in [0.2, 0.25) is 0 Å². The maximum atomic E-state index is 12.1. The fourth-order valence-electron chi connectivity index (χ4n) is 1.93. The van der Waals surface area contributed by atoms with E-state index in [1.807, 2.05) is 0 Å². The van der Waals surface area contributed by atoms with Crippen molar-refractivity contribution >= 4 is 17.3 Å². The zero-order valence-corrected chi connectivity index (χ0v) is 9.99. The van der Waals surface area contributed by atoms with Gasteiger partial charge in [0.15, 0.2) is 5.75 Å². The quantitative estimate of drug-likeness (QED) is 0.472. The number of ether oxygens (including phenoxy) is 1. The first-order valence-electron chi connectivity index (χ1n) is 5.66. The van der Waals surface area contributed by atoms with Crippen LogP contribution in [0.5, 0.6) is 17.2 Å². The summed E-state index contributed by atoms with van der Waals surface area (Å²) in [5, 5.41) is 22.9. The number of phenolic OH excluding ortho intramolecular Hbond substituents is 1. The summed E-state index contributed by atoms with van der Waals surface area (Å²) in [5.41, 5.74) is -0.0381. The number of rotatable bonds is 1. The van der Waals surface area contributed by atoms with E-state index in [4.69, 9.17) is 4.74 Å². The van der Waals surface area contributed by atoms with Gasteiger partial charge in [0.1, 0.15) is 17.2 Å². The minimum absolute atomic E-state index is 0.0369. The standard InChI is InChI=1S/C13H8N2O5/c16-9-2-1-3-11-12(9)14-13(17)8-6-7(15(18)19)4-5-10(8)20-11/h1-6,16H,(H,14,17). The second kappa shape index (κ2) is 4.23. The monoisotopic (exact) mass is 272 g/mol. The molecule has 3 rings (SSSR count). The van der Waals surface area contributed by atoms with Gasteiger partial charge < -0.3 is 15.2 Å². The van der Waals surface area contributed by atoms with E-state index in [0.29, 0.717) is 0 Å². The van der Waals surface area contributed by atoms with Gasteiger partial charge in [-0.05, 0) is 18.2 Å². The minimum Gasteiger partial charge on any atom is -0.506 e. The average molecular weight is 272 g/mol. The number of hydrogen-bond donors (Lipinski definition) is 2. The summed E-state index contributed by atoms with van der Waals surface area (Å²) >= 11 is 0. The number of anilines is 1. The summed E-state index contributed by atoms with van der Waals surface area (Å²) in [6.45, 7) is 0. The van der Waals surface area contributed by atoms with Crippen LogP contribution in [0.4, 0.5) is 11.4 Å². The van der Waals surface area contributed by atoms with E-state index in [0.717, 1.165) is 6.07 Å². The molecule has 0 fully saturated rings. The third kappa shape index (κ3) is 1.81. The van der Waals surface area contributed by atoms with Crippen molar-refractivity contribution in [2.45, 2.75) is 0 Å². The van der Waals surface area contributed by atoms with Crippen molar-refractivity contribution in [2.24, 2.45) is 0 Å². The Morgan fingerprint density at radius 1 is 1.20 bits per heavy atom. The molecule has 0 atom stereocenters. The molecule has 0 radical (unpaired) electrons. The predicted molar refractivity (Wildman–Crippen MR) is 69.2 cm³/mol. The van der Waals surface area contributed by atoms with Crippen molar-refractivity contribution in [3.05, 3.63) is 52.1 Å². The van der Waals surface area contributed by atoms with Crippen LogP contribution in [0.15, 0.2) is 36.4 Å². The van der Waals surface area contributed by atoms with Crippen molar-refractivity contribution in [2.75, 3.05) is 5.32 Å². The van der Waals surface area contributed by atoms with Crippen LogP contribution in [0, 0.1) is 10.1 Å². The number of amides is 1. The number of nitro groups is 1. The van der Waals surface area contributed by atoms with Gasteiger partial charge in [-0.2, -0.15) is 0 Å². The number of fused-ring (bicyclic) bond motifs is 2. The highest BCUT2D eigenvalue weighted by atomic mass is 16.6. The van der Waals surface area contributed by atoms with Crippen molar-refractivity contribution in [3.8, 4) is 17.2 Å². The van der Waals surface area contributed by atoms with Gasteiger partial charge in [-0.15, -0.1) is 0 Å². The Bertz CT molecular complexity index is 742. The van der Waals surface area contributed by atoms with E-state index in [-0.39, 0.29) is 34.2 Å². The lowest BCUT2D eigenvalue weighted by atomic mass is 10.1. The lowest BCUT2D eigenvalue weighted by molar-refractivity contribution is -0.384. The Morgan fingerprint density at radius 3 is 2.75 bits per heavy atom. The number of nitrogens with zero attached hydrogens (tertiary/aromatic N) is 1. The molecule has 1 heterocycles. The minimum atomic E-state index is -0.594. The van der Waals surface area contributed by atoms with E-state index >= 15 is 0 Å². The van der Waals surface area contributed by atoms with Gasteiger partial charge in [0, 0.05) is 12.1 Å². The molecule has 0 aromatic heterocycles. The SMILES string of the molecule is O=C1Nc2c(O)cccc2Oc2ccc([N+](=O)[O-])cc21. The maximum absolute atomic E-state index is 12.1. The highest BCUT2D eigenvalue weighted by molar-refractivity contribution is 6.09. The first-order chi connectivity index (χ1) is 9.56. The summed E-state index contributed by atoms with van der Waals surface area (Å²) in [5.74, 6) is -0.259. The molecule has 2 N–H and O–H groups in total. The zero-order chi connectivity index (χ0) is 14.3. The second-order valence-corrected chi connectivity index (χ2v) is 4.14. The molecule has 0 bridgehead atoms. The molecule has 1 amide bonds. The molecule has 7 nitrogen and oxygen atoms in total.